The van der Waals surface area contributed by atoms with Crippen molar-refractivity contribution in [3.63, 3.8) is 0 Å². The average Bonchev–Trinajstić information content (AvgIpc) is 2.72. The summed E-state index contributed by atoms with van der Waals surface area (Å²) in [6.45, 7) is 9.66. The van der Waals surface area contributed by atoms with Crippen molar-refractivity contribution >= 4 is 24.4 Å². The molecule has 0 saturated heterocycles. The van der Waals surface area contributed by atoms with Crippen molar-refractivity contribution in [1.29, 1.82) is 0 Å². The van der Waals surface area contributed by atoms with Crippen molar-refractivity contribution in [2.75, 3.05) is 7.11 Å². The van der Waals surface area contributed by atoms with E-state index in [1.807, 2.05) is 27.7 Å². The Hall–Kier alpha value is -2.84. The van der Waals surface area contributed by atoms with E-state index in [2.05, 4.69) is 5.43 Å². The number of benzene rings is 2. The number of ether oxygens (including phenoxy) is 1. The molecule has 2 rings (SSSR count). The fourth-order valence-corrected chi connectivity index (χ4v) is 3.75. The normalized spacial score (nSPS) is 12.1. The molecule has 2 aromatic carbocycles. The fraction of sp³-hybridized carbons (Fsp3) is 0.391. The van der Waals surface area contributed by atoms with Gasteiger partial charge >= 0.3 is 7.12 Å². The Kier molecular flexibility index (Phi) is 7.87. The monoisotopic (exact) mass is 426 g/mol. The van der Waals surface area contributed by atoms with Gasteiger partial charge in [0.2, 0.25) is 0 Å². The molecule has 0 bridgehead atoms. The number of hydrogen-bond acceptors (Lipinski definition) is 5. The van der Waals surface area contributed by atoms with E-state index >= 15 is 0 Å². The molecule has 2 amide bonds. The molecule has 0 fully saturated rings. The lowest BCUT2D eigenvalue weighted by molar-refractivity contribution is 0.0285. The zero-order chi connectivity index (χ0) is 23.3. The third kappa shape index (κ3) is 5.45. The summed E-state index contributed by atoms with van der Waals surface area (Å²) in [7, 11) is -0.281. The van der Waals surface area contributed by atoms with Gasteiger partial charge in [0.25, 0.3) is 11.8 Å². The average molecular weight is 426 g/mol. The Morgan fingerprint density at radius 1 is 1.10 bits per heavy atom. The summed E-state index contributed by atoms with van der Waals surface area (Å²) in [6, 6.07) is 11.0. The standard InChI is InChI=1S/C23H31BN2O5/c1-7-20(23(3,4)5)26(22(28)17-11-8-9-13-18(17)24(29)30)25-21(27)16-12-10-14-19(31-6)15(16)2/h8-14,20,29-30H,7H2,1-6H3,(H,25,27). The van der Waals surface area contributed by atoms with Crippen LogP contribution in [0.4, 0.5) is 0 Å². The molecule has 0 spiro atoms. The zero-order valence-corrected chi connectivity index (χ0v) is 19.0. The molecule has 8 heteroatoms. The summed E-state index contributed by atoms with van der Waals surface area (Å²) in [6.07, 6.45) is 0.580. The minimum Gasteiger partial charge on any atom is -0.496 e. The van der Waals surface area contributed by atoms with Gasteiger partial charge in [-0.25, -0.2) is 5.01 Å². The van der Waals surface area contributed by atoms with Gasteiger partial charge in [0.1, 0.15) is 5.75 Å². The summed E-state index contributed by atoms with van der Waals surface area (Å²) in [5, 5.41) is 20.8. The number of rotatable bonds is 6. The van der Waals surface area contributed by atoms with Gasteiger partial charge in [-0.2, -0.15) is 0 Å². The van der Waals surface area contributed by atoms with Crippen LogP contribution in [0.1, 0.15) is 60.4 Å². The molecule has 0 aliphatic rings. The van der Waals surface area contributed by atoms with Crippen LogP contribution in [-0.4, -0.2) is 47.1 Å². The number of carbonyl (C=O) groups is 2. The maximum Gasteiger partial charge on any atom is 0.489 e. The highest BCUT2D eigenvalue weighted by molar-refractivity contribution is 6.60. The Morgan fingerprint density at radius 3 is 2.26 bits per heavy atom. The van der Waals surface area contributed by atoms with Gasteiger partial charge in [-0.05, 0) is 42.4 Å². The number of carbonyl (C=O) groups excluding carboxylic acids is 2. The molecule has 2 aromatic rings. The van der Waals surface area contributed by atoms with E-state index in [9.17, 15) is 19.6 Å². The molecule has 0 heterocycles. The predicted molar refractivity (Wildman–Crippen MR) is 121 cm³/mol. The topological polar surface area (TPSA) is 99.1 Å². The largest absolute Gasteiger partial charge is 0.496 e. The maximum atomic E-state index is 13.6. The summed E-state index contributed by atoms with van der Waals surface area (Å²) >= 11 is 0. The fourth-order valence-electron chi connectivity index (χ4n) is 3.75. The number of methoxy groups -OCH3 is 1. The second kappa shape index (κ2) is 9.98. The minimum atomic E-state index is -1.81. The van der Waals surface area contributed by atoms with Crippen LogP contribution in [-0.2, 0) is 0 Å². The number of hydrazine groups is 1. The lowest BCUT2D eigenvalue weighted by Gasteiger charge is -2.39. The van der Waals surface area contributed by atoms with Crippen LogP contribution in [0.15, 0.2) is 42.5 Å². The number of nitrogens with one attached hydrogen (secondary N) is 1. The van der Waals surface area contributed by atoms with Crippen molar-refractivity contribution in [2.24, 2.45) is 5.41 Å². The van der Waals surface area contributed by atoms with Crippen molar-refractivity contribution in [3.05, 3.63) is 59.2 Å². The third-order valence-corrected chi connectivity index (χ3v) is 5.36. The van der Waals surface area contributed by atoms with E-state index in [1.165, 1.54) is 24.3 Å². The van der Waals surface area contributed by atoms with E-state index in [0.717, 1.165) is 0 Å². The van der Waals surface area contributed by atoms with Gasteiger partial charge < -0.3 is 14.8 Å². The summed E-state index contributed by atoms with van der Waals surface area (Å²) < 4.78 is 5.31. The molecule has 7 nitrogen and oxygen atoms in total. The van der Waals surface area contributed by atoms with Crippen LogP contribution in [0.2, 0.25) is 0 Å². The zero-order valence-electron chi connectivity index (χ0n) is 19.0. The minimum absolute atomic E-state index is 0.0769. The van der Waals surface area contributed by atoms with Crippen molar-refractivity contribution < 1.29 is 24.4 Å². The van der Waals surface area contributed by atoms with E-state index in [4.69, 9.17) is 4.74 Å². The first-order valence-corrected chi connectivity index (χ1v) is 10.3. The molecule has 3 N–H and O–H groups in total. The Bertz CT molecular complexity index is 940. The Labute approximate surface area is 184 Å². The Balaban J connectivity index is 2.52. The second-order valence-corrected chi connectivity index (χ2v) is 8.50. The van der Waals surface area contributed by atoms with Crippen LogP contribution >= 0.6 is 0 Å². The summed E-state index contributed by atoms with van der Waals surface area (Å²) in [4.78, 5) is 26.7. The van der Waals surface area contributed by atoms with Gasteiger partial charge in [0.15, 0.2) is 0 Å². The molecule has 0 radical (unpaired) electrons. The van der Waals surface area contributed by atoms with Crippen molar-refractivity contribution in [1.82, 2.24) is 10.4 Å². The first-order chi connectivity index (χ1) is 14.5. The molecule has 166 valence electrons. The van der Waals surface area contributed by atoms with Crippen molar-refractivity contribution in [3.8, 4) is 5.75 Å². The summed E-state index contributed by atoms with van der Waals surface area (Å²) in [5.41, 5.74) is 3.65. The highest BCUT2D eigenvalue weighted by Gasteiger charge is 2.36. The summed E-state index contributed by atoms with van der Waals surface area (Å²) in [5.74, 6) is -0.393. The van der Waals surface area contributed by atoms with Gasteiger partial charge in [-0.15, -0.1) is 0 Å². The molecule has 1 atom stereocenters. The van der Waals surface area contributed by atoms with Gasteiger partial charge in [0.05, 0.1) is 13.2 Å². The maximum absolute atomic E-state index is 13.6. The molecular weight excluding hydrogens is 395 g/mol. The highest BCUT2D eigenvalue weighted by Crippen LogP contribution is 2.28. The molecule has 0 aliphatic carbocycles. The quantitative estimate of drug-likeness (QED) is 0.486. The number of amides is 2. The Morgan fingerprint density at radius 2 is 1.71 bits per heavy atom. The van der Waals surface area contributed by atoms with Gasteiger partial charge in [-0.3, -0.25) is 15.0 Å². The van der Waals surface area contributed by atoms with E-state index in [0.29, 0.717) is 23.3 Å². The molecule has 1 unspecified atom stereocenters. The van der Waals surface area contributed by atoms with E-state index < -0.39 is 18.9 Å². The van der Waals surface area contributed by atoms with Gasteiger partial charge in [-0.1, -0.05) is 52.0 Å². The first kappa shape index (κ1) is 24.4. The lowest BCUT2D eigenvalue weighted by atomic mass is 9.76. The third-order valence-electron chi connectivity index (χ3n) is 5.36. The van der Waals surface area contributed by atoms with Crippen molar-refractivity contribution in [2.45, 2.75) is 47.1 Å². The van der Waals surface area contributed by atoms with E-state index in [-0.39, 0.29) is 22.5 Å². The molecule has 31 heavy (non-hydrogen) atoms. The van der Waals surface area contributed by atoms with E-state index in [1.54, 1.807) is 37.3 Å². The van der Waals surface area contributed by atoms with Crippen LogP contribution < -0.4 is 15.6 Å². The number of nitrogens with zero attached hydrogens (tertiary/aromatic N) is 1. The molecule has 0 aliphatic heterocycles. The number of hydrogen-bond donors (Lipinski definition) is 3. The van der Waals surface area contributed by atoms with Crippen LogP contribution in [0.5, 0.6) is 5.75 Å². The highest BCUT2D eigenvalue weighted by atomic mass is 16.5. The smallest absolute Gasteiger partial charge is 0.489 e. The predicted octanol–water partition coefficient (Wildman–Crippen LogP) is 2.30. The SMILES string of the molecule is CCC(N(NC(=O)c1cccc(OC)c1C)C(=O)c1ccccc1B(O)O)C(C)(C)C. The molecular formula is C23H31BN2O5. The lowest BCUT2D eigenvalue weighted by Crippen LogP contribution is -2.57. The van der Waals surface area contributed by atoms with Crippen LogP contribution in [0, 0.1) is 12.3 Å². The van der Waals surface area contributed by atoms with Gasteiger partial charge in [0, 0.05) is 16.7 Å². The molecule has 0 saturated carbocycles. The van der Waals surface area contributed by atoms with Crippen LogP contribution in [0.25, 0.3) is 0 Å². The molecule has 0 aromatic heterocycles. The van der Waals surface area contributed by atoms with Crippen LogP contribution in [0.3, 0.4) is 0 Å². The first-order valence-electron chi connectivity index (χ1n) is 10.3. The second-order valence-electron chi connectivity index (χ2n) is 8.50.